The minimum Gasteiger partial charge on any atom is -0.342 e. The molecule has 2 N–H and O–H groups in total. The predicted molar refractivity (Wildman–Crippen MR) is 245 cm³/mol. The van der Waals surface area contributed by atoms with Crippen LogP contribution in [-0.4, -0.2) is 50.2 Å². The number of nitrogens with zero attached hydrogens (tertiary/aromatic N) is 9. The molecule has 0 aliphatic rings. The molecule has 8 rings (SSSR count). The average molecular weight is 824 g/mol. The normalized spacial score (nSPS) is 10.8. The number of thioether (sulfide) groups is 1. The summed E-state index contributed by atoms with van der Waals surface area (Å²) in [6.45, 7) is 33.0. The molecule has 8 aromatic rings. The molecule has 0 aliphatic carbocycles. The first-order valence-corrected chi connectivity index (χ1v) is 20.7. The van der Waals surface area contributed by atoms with Crippen LogP contribution in [0, 0.1) is 118 Å². The molecule has 0 saturated heterocycles. The lowest BCUT2D eigenvalue weighted by Gasteiger charge is -2.07. The zero-order chi connectivity index (χ0) is 44.7. The summed E-state index contributed by atoms with van der Waals surface area (Å²) in [6.07, 6.45) is 2.11. The molecule has 14 heteroatoms. The first-order valence-electron chi connectivity index (χ1n) is 19.4. The highest BCUT2D eigenvalue weighted by Gasteiger charge is 2.20. The summed E-state index contributed by atoms with van der Waals surface area (Å²) < 4.78 is 4.14. The van der Waals surface area contributed by atoms with E-state index in [0.29, 0.717) is 16.8 Å². The Balaban J connectivity index is 0.000000152. The maximum absolute atomic E-state index is 10.8. The highest BCUT2D eigenvalue weighted by atomic mass is 32.2. The first-order chi connectivity index (χ1) is 28.2. The van der Waals surface area contributed by atoms with Crippen LogP contribution in [0.15, 0.2) is 23.1 Å². The van der Waals surface area contributed by atoms with Crippen LogP contribution in [0.4, 0.5) is 11.4 Å². The number of H-pyrrole nitrogens is 2. The van der Waals surface area contributed by atoms with E-state index in [2.05, 4.69) is 105 Å². The molecule has 0 radical (unpaired) electrons. The molecule has 310 valence electrons. The maximum atomic E-state index is 10.8. The van der Waals surface area contributed by atoms with Crippen LogP contribution in [0.2, 0.25) is 0 Å². The third-order valence-electron chi connectivity index (χ3n) is 11.3. The summed E-state index contributed by atoms with van der Waals surface area (Å²) in [4.78, 5) is 39.4. The molecular weight excluding hydrogens is 771 g/mol. The maximum Gasteiger partial charge on any atom is 0.274 e. The fraction of sp³-hybridized carbons (Fsp3) is 0.348. The highest BCUT2D eigenvalue weighted by molar-refractivity contribution is 7.98. The van der Waals surface area contributed by atoms with E-state index in [1.807, 2.05) is 60.1 Å². The van der Waals surface area contributed by atoms with Crippen LogP contribution >= 0.6 is 11.8 Å². The first kappa shape index (κ1) is 44.6. The molecule has 0 aliphatic heterocycles. The smallest absolute Gasteiger partial charge is 0.274 e. The molecule has 0 unspecified atom stereocenters. The second-order valence-electron chi connectivity index (χ2n) is 15.4. The summed E-state index contributed by atoms with van der Waals surface area (Å²) in [6, 6.07) is 8.12. The summed E-state index contributed by atoms with van der Waals surface area (Å²) in [5, 5.41) is 20.0. The van der Waals surface area contributed by atoms with Gasteiger partial charge in [0, 0.05) is 25.1 Å². The van der Waals surface area contributed by atoms with E-state index in [-0.39, 0.29) is 10.6 Å². The summed E-state index contributed by atoms with van der Waals surface area (Å²) >= 11 is 1.79. The molecule has 0 spiro atoms. The van der Waals surface area contributed by atoms with Crippen molar-refractivity contribution >= 4 is 67.3 Å². The van der Waals surface area contributed by atoms with E-state index in [9.17, 15) is 15.4 Å². The van der Waals surface area contributed by atoms with Gasteiger partial charge in [0.15, 0.2) is 0 Å². The van der Waals surface area contributed by atoms with Crippen LogP contribution in [-0.2, 0) is 14.1 Å². The molecule has 4 aromatic carbocycles. The van der Waals surface area contributed by atoms with E-state index < -0.39 is 0 Å². The molecule has 0 saturated carbocycles. The van der Waals surface area contributed by atoms with Gasteiger partial charge in [0.25, 0.3) is 5.69 Å². The number of aryl methyl sites for hydroxylation is 15. The topological polar surface area (TPSA) is 164 Å². The van der Waals surface area contributed by atoms with Gasteiger partial charge in [0.2, 0.25) is 5.69 Å². The number of aromatic nitrogens is 8. The molecule has 0 fully saturated rings. The number of imidazole rings is 4. The van der Waals surface area contributed by atoms with Gasteiger partial charge in [-0.3, -0.25) is 10.1 Å². The lowest BCUT2D eigenvalue weighted by molar-refractivity contribution is -0.385. The lowest BCUT2D eigenvalue weighted by Crippen LogP contribution is -1.95. The van der Waals surface area contributed by atoms with Crippen LogP contribution in [0.1, 0.15) is 78.9 Å². The van der Waals surface area contributed by atoms with Gasteiger partial charge in [-0.2, -0.15) is 5.26 Å². The van der Waals surface area contributed by atoms with Crippen molar-refractivity contribution in [2.24, 2.45) is 14.1 Å². The Morgan fingerprint density at radius 3 is 1.65 bits per heavy atom. The Bertz CT molecular complexity index is 3090. The largest absolute Gasteiger partial charge is 0.342 e. The van der Waals surface area contributed by atoms with Crippen molar-refractivity contribution in [1.29, 1.82) is 5.26 Å². The van der Waals surface area contributed by atoms with Crippen LogP contribution in [0.25, 0.3) is 49.0 Å². The molecule has 0 bridgehead atoms. The van der Waals surface area contributed by atoms with Gasteiger partial charge >= 0.3 is 0 Å². The number of hydrogen-bond acceptors (Lipinski definition) is 8. The van der Waals surface area contributed by atoms with E-state index in [4.69, 9.17) is 6.57 Å². The number of benzene rings is 4. The zero-order valence-corrected chi connectivity index (χ0v) is 38.3. The minimum atomic E-state index is -0.363. The van der Waals surface area contributed by atoms with E-state index >= 15 is 0 Å². The third-order valence-corrected chi connectivity index (χ3v) is 12.2. The van der Waals surface area contributed by atoms with E-state index in [0.717, 1.165) is 73.1 Å². The quantitative estimate of drug-likeness (QED) is 0.0752. The number of aromatic amines is 2. The summed E-state index contributed by atoms with van der Waals surface area (Å²) in [5.74, 6) is 3.73. The van der Waals surface area contributed by atoms with Crippen molar-refractivity contribution in [2.45, 2.75) is 94.9 Å². The number of nitriles is 1. The number of nitro benzene ring substituents is 1. The van der Waals surface area contributed by atoms with Crippen molar-refractivity contribution in [3.8, 4) is 6.07 Å². The van der Waals surface area contributed by atoms with E-state index in [1.54, 1.807) is 24.8 Å². The van der Waals surface area contributed by atoms with Gasteiger partial charge in [0.05, 0.1) is 72.8 Å². The fourth-order valence-corrected chi connectivity index (χ4v) is 8.38. The van der Waals surface area contributed by atoms with E-state index in [1.165, 1.54) is 43.7 Å². The van der Waals surface area contributed by atoms with Crippen LogP contribution in [0.3, 0.4) is 0 Å². The lowest BCUT2D eigenvalue weighted by atomic mass is 10.0. The standard InChI is InChI=1S/C13H12N4.C12H16N2.C11H14N2S.C10H11N3O2/c1-7-10(6-14)11(15-4)8(2)12-13(7)17(5)9(3)16-12;1-7-6-8(2)11-12(9(7)3)14(5)10(4)13-11;1-6-5-9(14-4)7(2)11-10(6)12-8(3)13-11;1-5-4-8(13(14)15)6(2)10-9(5)11-7(3)12-10/h1-3,5H3;6H,1-5H3;5H,1-4H3,(H,12,13);4H,1-3H3,(H,11,12). The molecule has 60 heavy (non-hydrogen) atoms. The molecule has 0 amide bonds. The Hall–Kier alpha value is -6.51. The minimum absolute atomic E-state index is 0.142. The third kappa shape index (κ3) is 8.08. The van der Waals surface area contributed by atoms with Crippen molar-refractivity contribution in [3.05, 3.63) is 119 Å². The Labute approximate surface area is 355 Å². The van der Waals surface area contributed by atoms with Gasteiger partial charge in [-0.25, -0.2) is 24.8 Å². The summed E-state index contributed by atoms with van der Waals surface area (Å²) in [7, 11) is 4.01. The average Bonchev–Trinajstić information content (AvgIpc) is 3.96. The number of nitro groups is 1. The number of rotatable bonds is 2. The molecule has 0 atom stereocenters. The molecule has 13 nitrogen and oxygen atoms in total. The summed E-state index contributed by atoms with van der Waals surface area (Å²) in [5.41, 5.74) is 18.7. The number of hydrogen-bond donors (Lipinski definition) is 2. The van der Waals surface area contributed by atoms with Crippen molar-refractivity contribution in [2.75, 3.05) is 6.26 Å². The van der Waals surface area contributed by atoms with Crippen molar-refractivity contribution in [3.63, 3.8) is 0 Å². The monoisotopic (exact) mass is 823 g/mol. The van der Waals surface area contributed by atoms with Gasteiger partial charge < -0.3 is 19.1 Å². The van der Waals surface area contributed by atoms with Crippen molar-refractivity contribution in [1.82, 2.24) is 39.0 Å². The number of fused-ring (bicyclic) bond motifs is 4. The highest BCUT2D eigenvalue weighted by Crippen LogP contribution is 2.35. The van der Waals surface area contributed by atoms with Gasteiger partial charge in [0.1, 0.15) is 23.3 Å². The Morgan fingerprint density at radius 2 is 1.15 bits per heavy atom. The molecular formula is C46H53N11O2S. The van der Waals surface area contributed by atoms with Crippen LogP contribution in [0.5, 0.6) is 0 Å². The van der Waals surface area contributed by atoms with Gasteiger partial charge in [-0.1, -0.05) is 6.07 Å². The molecule has 4 aromatic heterocycles. The second kappa shape index (κ2) is 17.4. The Morgan fingerprint density at radius 1 is 0.667 bits per heavy atom. The van der Waals surface area contributed by atoms with Crippen LogP contribution < -0.4 is 0 Å². The predicted octanol–water partition coefficient (Wildman–Crippen LogP) is 11.3. The van der Waals surface area contributed by atoms with Gasteiger partial charge in [-0.05, 0) is 147 Å². The van der Waals surface area contributed by atoms with Gasteiger partial charge in [-0.15, -0.1) is 11.8 Å². The Kier molecular flexibility index (Phi) is 12.9. The SMILES string of the molecule is CSc1cc(C)c2nc(C)[nH]c2c1C.Cc1cc(C)c2nc(C)n(C)c2c1C.Cc1nc2c(C)cc([N+](=O)[O-])c(C)c2[nH]1.[C-]#[N+]c1c(C#N)c(C)c2c(nc(C)n2C)c1C. The fourth-order valence-electron chi connectivity index (χ4n) is 7.68. The van der Waals surface area contributed by atoms with Crippen molar-refractivity contribution < 1.29 is 4.92 Å². The zero-order valence-electron chi connectivity index (χ0n) is 37.5. The second-order valence-corrected chi connectivity index (χ2v) is 16.2. The number of nitrogens with one attached hydrogen (secondary N) is 2. The molecule has 4 heterocycles.